The Morgan fingerprint density at radius 1 is 1.07 bits per heavy atom. The van der Waals surface area contributed by atoms with E-state index in [1.54, 1.807) is 0 Å². The van der Waals surface area contributed by atoms with Gasteiger partial charge in [-0.05, 0) is 46.5 Å². The molecule has 90 valence electrons. The lowest BCUT2D eigenvalue weighted by Crippen LogP contribution is -2.26. The number of ether oxygens (including phenoxy) is 2. The standard InChI is InChI=1S/C13H26O2/c1-9(2)14-8-12-6-11(5)7-13(12)15-10(3)4/h9-13H,6-8H2,1-5H3/t11-,12-,13?/m1/s1. The van der Waals surface area contributed by atoms with E-state index < -0.39 is 0 Å². The first-order chi connectivity index (χ1) is 6.99. The van der Waals surface area contributed by atoms with Gasteiger partial charge >= 0.3 is 0 Å². The predicted molar refractivity (Wildman–Crippen MR) is 63.0 cm³/mol. The fourth-order valence-corrected chi connectivity index (χ4v) is 2.36. The Morgan fingerprint density at radius 3 is 2.27 bits per heavy atom. The highest BCUT2D eigenvalue weighted by atomic mass is 16.5. The van der Waals surface area contributed by atoms with Crippen molar-refractivity contribution >= 4 is 0 Å². The first kappa shape index (κ1) is 13.0. The first-order valence-corrected chi connectivity index (χ1v) is 6.26. The third-order valence-corrected chi connectivity index (χ3v) is 2.96. The minimum atomic E-state index is 0.334. The number of hydrogen-bond donors (Lipinski definition) is 0. The lowest BCUT2D eigenvalue weighted by atomic mass is 10.1. The molecular weight excluding hydrogens is 188 g/mol. The highest BCUT2D eigenvalue weighted by molar-refractivity contribution is 4.82. The maximum Gasteiger partial charge on any atom is 0.0631 e. The molecule has 2 heteroatoms. The second-order valence-corrected chi connectivity index (χ2v) is 5.44. The van der Waals surface area contributed by atoms with Gasteiger partial charge in [0.2, 0.25) is 0 Å². The van der Waals surface area contributed by atoms with Crippen LogP contribution in [-0.4, -0.2) is 24.9 Å². The normalized spacial score (nSPS) is 31.8. The summed E-state index contributed by atoms with van der Waals surface area (Å²) in [4.78, 5) is 0. The Hall–Kier alpha value is -0.0800. The summed E-state index contributed by atoms with van der Waals surface area (Å²) in [6.45, 7) is 11.6. The van der Waals surface area contributed by atoms with Gasteiger partial charge in [-0.15, -0.1) is 0 Å². The molecule has 1 fully saturated rings. The van der Waals surface area contributed by atoms with Crippen molar-refractivity contribution in [2.75, 3.05) is 6.61 Å². The average Bonchev–Trinajstić information content (AvgIpc) is 2.41. The molecule has 1 aliphatic carbocycles. The molecule has 2 nitrogen and oxygen atoms in total. The first-order valence-electron chi connectivity index (χ1n) is 6.26. The topological polar surface area (TPSA) is 18.5 Å². The summed E-state index contributed by atoms with van der Waals surface area (Å²) < 4.78 is 11.7. The van der Waals surface area contributed by atoms with Gasteiger partial charge in [0.15, 0.2) is 0 Å². The summed E-state index contributed by atoms with van der Waals surface area (Å²) in [6.07, 6.45) is 3.54. The van der Waals surface area contributed by atoms with E-state index in [-0.39, 0.29) is 0 Å². The molecule has 0 heterocycles. The van der Waals surface area contributed by atoms with Crippen molar-refractivity contribution in [1.29, 1.82) is 0 Å². The van der Waals surface area contributed by atoms with Crippen LogP contribution in [0.4, 0.5) is 0 Å². The van der Waals surface area contributed by atoms with E-state index in [1.807, 2.05) is 0 Å². The molecule has 0 amide bonds. The molecular formula is C13H26O2. The summed E-state index contributed by atoms with van der Waals surface area (Å²) in [7, 11) is 0. The van der Waals surface area contributed by atoms with Gasteiger partial charge in [-0.1, -0.05) is 6.92 Å². The monoisotopic (exact) mass is 214 g/mol. The van der Waals surface area contributed by atoms with Crippen molar-refractivity contribution in [2.45, 2.75) is 65.8 Å². The van der Waals surface area contributed by atoms with E-state index >= 15 is 0 Å². The molecule has 1 unspecified atom stereocenters. The minimum absolute atomic E-state index is 0.334. The van der Waals surface area contributed by atoms with Crippen LogP contribution in [0, 0.1) is 11.8 Å². The maximum atomic E-state index is 5.95. The molecule has 0 bridgehead atoms. The number of hydrogen-bond acceptors (Lipinski definition) is 2. The van der Waals surface area contributed by atoms with Gasteiger partial charge in [-0.25, -0.2) is 0 Å². The fraction of sp³-hybridized carbons (Fsp3) is 1.00. The van der Waals surface area contributed by atoms with Gasteiger partial charge in [-0.3, -0.25) is 0 Å². The second kappa shape index (κ2) is 5.86. The van der Waals surface area contributed by atoms with E-state index in [4.69, 9.17) is 9.47 Å². The lowest BCUT2D eigenvalue weighted by molar-refractivity contribution is -0.0454. The zero-order valence-electron chi connectivity index (χ0n) is 10.8. The largest absolute Gasteiger partial charge is 0.378 e. The predicted octanol–water partition coefficient (Wildman–Crippen LogP) is 3.25. The minimum Gasteiger partial charge on any atom is -0.378 e. The maximum absolute atomic E-state index is 5.95. The molecule has 0 saturated heterocycles. The Morgan fingerprint density at radius 2 is 1.73 bits per heavy atom. The lowest BCUT2D eigenvalue weighted by Gasteiger charge is -2.23. The van der Waals surface area contributed by atoms with Crippen LogP contribution < -0.4 is 0 Å². The van der Waals surface area contributed by atoms with Crippen LogP contribution in [-0.2, 0) is 9.47 Å². The van der Waals surface area contributed by atoms with Crippen molar-refractivity contribution < 1.29 is 9.47 Å². The van der Waals surface area contributed by atoms with Gasteiger partial charge in [0.05, 0.1) is 24.9 Å². The van der Waals surface area contributed by atoms with E-state index in [1.165, 1.54) is 12.8 Å². The van der Waals surface area contributed by atoms with Crippen molar-refractivity contribution in [2.24, 2.45) is 11.8 Å². The second-order valence-electron chi connectivity index (χ2n) is 5.44. The van der Waals surface area contributed by atoms with Crippen molar-refractivity contribution in [3.05, 3.63) is 0 Å². The van der Waals surface area contributed by atoms with Crippen molar-refractivity contribution in [1.82, 2.24) is 0 Å². The molecule has 0 radical (unpaired) electrons. The third kappa shape index (κ3) is 4.52. The Labute approximate surface area is 94.3 Å². The van der Waals surface area contributed by atoms with Crippen molar-refractivity contribution in [3.8, 4) is 0 Å². The molecule has 1 rings (SSSR count). The summed E-state index contributed by atoms with van der Waals surface area (Å²) in [5.41, 5.74) is 0. The van der Waals surface area contributed by atoms with E-state index in [9.17, 15) is 0 Å². The molecule has 0 aromatic carbocycles. The van der Waals surface area contributed by atoms with Crippen LogP contribution >= 0.6 is 0 Å². The van der Waals surface area contributed by atoms with Crippen LogP contribution in [0.2, 0.25) is 0 Å². The smallest absolute Gasteiger partial charge is 0.0631 e. The quantitative estimate of drug-likeness (QED) is 0.699. The van der Waals surface area contributed by atoms with Crippen LogP contribution in [0.1, 0.15) is 47.5 Å². The van der Waals surface area contributed by atoms with Crippen molar-refractivity contribution in [3.63, 3.8) is 0 Å². The summed E-state index contributed by atoms with van der Waals surface area (Å²) >= 11 is 0. The third-order valence-electron chi connectivity index (χ3n) is 2.96. The van der Waals surface area contributed by atoms with Crippen LogP contribution in [0.15, 0.2) is 0 Å². The molecule has 0 aromatic heterocycles. The molecule has 3 atom stereocenters. The van der Waals surface area contributed by atoms with Gasteiger partial charge in [0.1, 0.15) is 0 Å². The zero-order chi connectivity index (χ0) is 11.4. The van der Waals surface area contributed by atoms with Crippen LogP contribution in [0.25, 0.3) is 0 Å². The molecule has 0 spiro atoms. The molecule has 1 saturated carbocycles. The molecule has 1 aliphatic rings. The number of rotatable bonds is 5. The van der Waals surface area contributed by atoms with Gasteiger partial charge in [0.25, 0.3) is 0 Å². The fourth-order valence-electron chi connectivity index (χ4n) is 2.36. The Balaban J connectivity index is 2.38. The van der Waals surface area contributed by atoms with Crippen LogP contribution in [0.5, 0.6) is 0 Å². The molecule has 0 aliphatic heterocycles. The highest BCUT2D eigenvalue weighted by Gasteiger charge is 2.33. The molecule has 0 aromatic rings. The van der Waals surface area contributed by atoms with Gasteiger partial charge in [-0.2, -0.15) is 0 Å². The van der Waals surface area contributed by atoms with E-state index in [2.05, 4.69) is 34.6 Å². The van der Waals surface area contributed by atoms with Gasteiger partial charge in [0, 0.05) is 5.92 Å². The highest BCUT2D eigenvalue weighted by Crippen LogP contribution is 2.34. The van der Waals surface area contributed by atoms with E-state index in [0.29, 0.717) is 24.2 Å². The summed E-state index contributed by atoms with van der Waals surface area (Å²) in [5, 5.41) is 0. The van der Waals surface area contributed by atoms with E-state index in [0.717, 1.165) is 12.5 Å². The Bertz CT molecular complexity index is 177. The summed E-state index contributed by atoms with van der Waals surface area (Å²) in [5.74, 6) is 1.39. The average molecular weight is 214 g/mol. The zero-order valence-corrected chi connectivity index (χ0v) is 10.8. The van der Waals surface area contributed by atoms with Crippen LogP contribution in [0.3, 0.4) is 0 Å². The van der Waals surface area contributed by atoms with Gasteiger partial charge < -0.3 is 9.47 Å². The SMILES string of the molecule is CC(C)OC[C@H]1C[C@@H](C)CC1OC(C)C. The summed E-state index contributed by atoms with van der Waals surface area (Å²) in [6, 6.07) is 0. The Kier molecular flexibility index (Phi) is 5.07. The molecule has 15 heavy (non-hydrogen) atoms. The molecule has 0 N–H and O–H groups in total.